The fourth-order valence-corrected chi connectivity index (χ4v) is 2.34. The summed E-state index contributed by atoms with van der Waals surface area (Å²) in [5, 5.41) is 3.72. The van der Waals surface area contributed by atoms with E-state index in [-0.39, 0.29) is 11.9 Å². The van der Waals surface area contributed by atoms with E-state index in [0.717, 1.165) is 10.0 Å². The van der Waals surface area contributed by atoms with Gasteiger partial charge in [-0.05, 0) is 46.7 Å². The third-order valence-corrected chi connectivity index (χ3v) is 4.01. The number of hydrogen-bond donors (Lipinski definition) is 1. The number of nitrogens with one attached hydrogen (secondary N) is 1. The van der Waals surface area contributed by atoms with E-state index in [1.807, 2.05) is 24.3 Å². The molecule has 0 bridgehead atoms. The molecule has 0 aliphatic heterocycles. The van der Waals surface area contributed by atoms with Crippen LogP contribution in [0.15, 0.2) is 46.9 Å². The molecule has 1 unspecified atom stereocenters. The predicted molar refractivity (Wildman–Crippen MR) is 76.5 cm³/mol. The zero-order chi connectivity index (χ0) is 13.1. The third-order valence-electron chi connectivity index (χ3n) is 2.78. The molecular weight excluding hydrogens is 317 g/mol. The van der Waals surface area contributed by atoms with Gasteiger partial charge in [-0.3, -0.25) is 0 Å². The topological polar surface area (TPSA) is 12.0 Å². The molecular formula is C14H12BrClFN. The minimum absolute atomic E-state index is 0.211. The minimum atomic E-state index is -0.226. The largest absolute Gasteiger partial charge is 0.309 e. The summed E-state index contributed by atoms with van der Waals surface area (Å²) in [5.41, 5.74) is 1.54. The molecule has 2 rings (SSSR count). The Morgan fingerprint density at radius 1 is 1.22 bits per heavy atom. The fourth-order valence-electron chi connectivity index (χ4n) is 1.90. The first-order valence-corrected chi connectivity index (χ1v) is 6.67. The fraction of sp³-hybridized carbons (Fsp3) is 0.143. The molecule has 0 aliphatic rings. The van der Waals surface area contributed by atoms with Gasteiger partial charge in [-0.2, -0.15) is 0 Å². The van der Waals surface area contributed by atoms with Gasteiger partial charge in [-0.1, -0.05) is 35.9 Å². The maximum absolute atomic E-state index is 13.8. The first kappa shape index (κ1) is 13.5. The van der Waals surface area contributed by atoms with Crippen molar-refractivity contribution in [3.8, 4) is 0 Å². The highest BCUT2D eigenvalue weighted by Crippen LogP contribution is 2.29. The lowest BCUT2D eigenvalue weighted by molar-refractivity contribution is 0.576. The van der Waals surface area contributed by atoms with Crippen LogP contribution < -0.4 is 5.32 Å². The molecule has 0 spiro atoms. The lowest BCUT2D eigenvalue weighted by Crippen LogP contribution is -2.18. The van der Waals surface area contributed by atoms with Crippen molar-refractivity contribution < 1.29 is 4.39 Å². The molecule has 0 aromatic heterocycles. The SMILES string of the molecule is CNC(c1ccc(Br)c(Cl)c1)c1ccccc1F. The summed E-state index contributed by atoms with van der Waals surface area (Å²) in [6.45, 7) is 0. The average Bonchev–Trinajstić information content (AvgIpc) is 2.37. The van der Waals surface area contributed by atoms with Crippen LogP contribution in [0.5, 0.6) is 0 Å². The maximum Gasteiger partial charge on any atom is 0.128 e. The summed E-state index contributed by atoms with van der Waals surface area (Å²) in [6.07, 6.45) is 0. The van der Waals surface area contributed by atoms with Crippen LogP contribution in [-0.2, 0) is 0 Å². The molecule has 94 valence electrons. The van der Waals surface area contributed by atoms with E-state index in [0.29, 0.717) is 10.6 Å². The summed E-state index contributed by atoms with van der Waals surface area (Å²) >= 11 is 9.42. The lowest BCUT2D eigenvalue weighted by Gasteiger charge is -2.18. The van der Waals surface area contributed by atoms with Crippen molar-refractivity contribution in [2.75, 3.05) is 7.05 Å². The molecule has 0 saturated heterocycles. The molecule has 2 aromatic carbocycles. The number of benzene rings is 2. The molecule has 1 nitrogen and oxygen atoms in total. The van der Waals surface area contributed by atoms with Gasteiger partial charge in [0.2, 0.25) is 0 Å². The van der Waals surface area contributed by atoms with Crippen molar-refractivity contribution in [3.63, 3.8) is 0 Å². The van der Waals surface area contributed by atoms with Crippen molar-refractivity contribution in [2.24, 2.45) is 0 Å². The molecule has 0 amide bonds. The molecule has 1 atom stereocenters. The number of halogens is 3. The van der Waals surface area contributed by atoms with Crippen molar-refractivity contribution in [1.82, 2.24) is 5.32 Å². The van der Waals surface area contributed by atoms with E-state index in [1.54, 1.807) is 19.2 Å². The molecule has 4 heteroatoms. The Bertz CT molecular complexity index is 559. The summed E-state index contributed by atoms with van der Waals surface area (Å²) in [5.74, 6) is -0.226. The van der Waals surface area contributed by atoms with Crippen LogP contribution in [0.4, 0.5) is 4.39 Å². The van der Waals surface area contributed by atoms with Gasteiger partial charge in [-0.25, -0.2) is 4.39 Å². The van der Waals surface area contributed by atoms with Crippen molar-refractivity contribution in [3.05, 3.63) is 68.9 Å². The monoisotopic (exact) mass is 327 g/mol. The van der Waals surface area contributed by atoms with E-state index in [2.05, 4.69) is 21.2 Å². The summed E-state index contributed by atoms with van der Waals surface area (Å²) in [6, 6.07) is 12.1. The zero-order valence-electron chi connectivity index (χ0n) is 9.75. The Morgan fingerprint density at radius 2 is 1.94 bits per heavy atom. The Balaban J connectivity index is 2.45. The summed E-state index contributed by atoms with van der Waals surface area (Å²) in [4.78, 5) is 0. The smallest absolute Gasteiger partial charge is 0.128 e. The molecule has 0 heterocycles. The number of rotatable bonds is 3. The van der Waals surface area contributed by atoms with Gasteiger partial charge in [0.05, 0.1) is 11.1 Å². The Labute approximate surface area is 119 Å². The van der Waals surface area contributed by atoms with Gasteiger partial charge >= 0.3 is 0 Å². The molecule has 0 radical (unpaired) electrons. The van der Waals surface area contributed by atoms with E-state index >= 15 is 0 Å². The van der Waals surface area contributed by atoms with E-state index in [1.165, 1.54) is 6.07 Å². The van der Waals surface area contributed by atoms with Gasteiger partial charge in [0.1, 0.15) is 5.82 Å². The maximum atomic E-state index is 13.8. The van der Waals surface area contributed by atoms with Crippen LogP contribution in [0, 0.1) is 5.82 Å². The highest BCUT2D eigenvalue weighted by Gasteiger charge is 2.16. The van der Waals surface area contributed by atoms with Gasteiger partial charge < -0.3 is 5.32 Å². The molecule has 0 aliphatic carbocycles. The third kappa shape index (κ3) is 2.74. The van der Waals surface area contributed by atoms with Gasteiger partial charge in [0, 0.05) is 10.0 Å². The summed E-state index contributed by atoms with van der Waals surface area (Å²) in [7, 11) is 1.80. The minimum Gasteiger partial charge on any atom is -0.309 e. The van der Waals surface area contributed by atoms with Crippen LogP contribution in [0.3, 0.4) is 0 Å². The van der Waals surface area contributed by atoms with Crippen LogP contribution in [0.2, 0.25) is 5.02 Å². The van der Waals surface area contributed by atoms with Crippen molar-refractivity contribution in [1.29, 1.82) is 0 Å². The van der Waals surface area contributed by atoms with Crippen LogP contribution >= 0.6 is 27.5 Å². The van der Waals surface area contributed by atoms with Gasteiger partial charge in [0.15, 0.2) is 0 Å². The van der Waals surface area contributed by atoms with E-state index < -0.39 is 0 Å². The second-order valence-electron chi connectivity index (χ2n) is 3.92. The lowest BCUT2D eigenvalue weighted by atomic mass is 9.98. The average molecular weight is 329 g/mol. The van der Waals surface area contributed by atoms with Gasteiger partial charge in [0.25, 0.3) is 0 Å². The zero-order valence-corrected chi connectivity index (χ0v) is 12.1. The van der Waals surface area contributed by atoms with Crippen molar-refractivity contribution in [2.45, 2.75) is 6.04 Å². The first-order chi connectivity index (χ1) is 8.63. The standard InChI is InChI=1S/C14H12BrClFN/c1-18-14(10-4-2-3-5-13(10)17)9-6-7-11(15)12(16)8-9/h2-8,14,18H,1H3. The molecule has 0 saturated carbocycles. The highest BCUT2D eigenvalue weighted by atomic mass is 79.9. The molecule has 18 heavy (non-hydrogen) atoms. The normalized spacial score (nSPS) is 12.4. The Morgan fingerprint density at radius 3 is 2.56 bits per heavy atom. The van der Waals surface area contributed by atoms with Crippen LogP contribution in [0.25, 0.3) is 0 Å². The van der Waals surface area contributed by atoms with E-state index in [4.69, 9.17) is 11.6 Å². The van der Waals surface area contributed by atoms with Crippen LogP contribution in [-0.4, -0.2) is 7.05 Å². The van der Waals surface area contributed by atoms with Crippen LogP contribution in [0.1, 0.15) is 17.2 Å². The first-order valence-electron chi connectivity index (χ1n) is 5.50. The molecule has 0 fully saturated rings. The second-order valence-corrected chi connectivity index (χ2v) is 5.18. The van der Waals surface area contributed by atoms with Crippen molar-refractivity contribution >= 4 is 27.5 Å². The van der Waals surface area contributed by atoms with Gasteiger partial charge in [-0.15, -0.1) is 0 Å². The predicted octanol–water partition coefficient (Wildman–Crippen LogP) is 4.55. The summed E-state index contributed by atoms with van der Waals surface area (Å²) < 4.78 is 14.6. The molecule has 2 aromatic rings. The number of hydrogen-bond acceptors (Lipinski definition) is 1. The quantitative estimate of drug-likeness (QED) is 0.871. The molecule has 1 N–H and O–H groups in total. The van der Waals surface area contributed by atoms with E-state index in [9.17, 15) is 4.39 Å². The Kier molecular flexibility index (Phi) is 4.38. The Hall–Kier alpha value is -0.900. The highest BCUT2D eigenvalue weighted by molar-refractivity contribution is 9.10. The second kappa shape index (κ2) is 5.83.